The molecule has 1 saturated carbocycles. The van der Waals surface area contributed by atoms with Crippen LogP contribution in [0.4, 0.5) is 15.8 Å². The Bertz CT molecular complexity index is 496. The Labute approximate surface area is 116 Å². The van der Waals surface area contributed by atoms with Crippen LogP contribution < -0.4 is 5.32 Å². The van der Waals surface area contributed by atoms with Gasteiger partial charge in [-0.05, 0) is 24.8 Å². The number of benzene rings is 1. The second-order valence-electron chi connectivity index (χ2n) is 5.05. The SMILES string of the molecule is CC1CCCCC1Nc1cc(Cl)c(F)cc1[N+](=O)[O-]. The summed E-state index contributed by atoms with van der Waals surface area (Å²) in [5.41, 5.74) is 0.0369. The summed E-state index contributed by atoms with van der Waals surface area (Å²) in [6.45, 7) is 2.12. The van der Waals surface area contributed by atoms with Gasteiger partial charge >= 0.3 is 0 Å². The minimum atomic E-state index is -0.768. The number of hydrogen-bond acceptors (Lipinski definition) is 3. The van der Waals surface area contributed by atoms with Crippen molar-refractivity contribution >= 4 is 23.0 Å². The summed E-state index contributed by atoms with van der Waals surface area (Å²) in [6, 6.07) is 2.35. The lowest BCUT2D eigenvalue weighted by molar-refractivity contribution is -0.384. The van der Waals surface area contributed by atoms with E-state index in [0.717, 1.165) is 25.3 Å². The molecule has 19 heavy (non-hydrogen) atoms. The molecule has 0 aliphatic heterocycles. The van der Waals surface area contributed by atoms with Crippen LogP contribution in [-0.2, 0) is 0 Å². The lowest BCUT2D eigenvalue weighted by atomic mass is 9.86. The zero-order valence-corrected chi connectivity index (χ0v) is 11.4. The van der Waals surface area contributed by atoms with Gasteiger partial charge in [-0.25, -0.2) is 4.39 Å². The summed E-state index contributed by atoms with van der Waals surface area (Å²) in [7, 11) is 0. The summed E-state index contributed by atoms with van der Waals surface area (Å²) >= 11 is 5.71. The third kappa shape index (κ3) is 3.15. The third-order valence-corrected chi connectivity index (χ3v) is 3.98. The Morgan fingerprint density at radius 3 is 2.74 bits per heavy atom. The summed E-state index contributed by atoms with van der Waals surface area (Å²) in [4.78, 5) is 10.4. The maximum atomic E-state index is 13.3. The Hall–Kier alpha value is -1.36. The van der Waals surface area contributed by atoms with Gasteiger partial charge in [0.1, 0.15) is 11.5 Å². The van der Waals surface area contributed by atoms with Crippen molar-refractivity contribution < 1.29 is 9.31 Å². The van der Waals surface area contributed by atoms with Crippen molar-refractivity contribution in [1.82, 2.24) is 0 Å². The Morgan fingerprint density at radius 2 is 2.11 bits per heavy atom. The molecule has 0 saturated heterocycles. The van der Waals surface area contributed by atoms with Crippen LogP contribution in [0.15, 0.2) is 12.1 Å². The van der Waals surface area contributed by atoms with Crippen LogP contribution in [0.25, 0.3) is 0 Å². The van der Waals surface area contributed by atoms with Gasteiger partial charge < -0.3 is 5.32 Å². The van der Waals surface area contributed by atoms with E-state index in [4.69, 9.17) is 11.6 Å². The van der Waals surface area contributed by atoms with Crippen LogP contribution in [-0.4, -0.2) is 11.0 Å². The van der Waals surface area contributed by atoms with E-state index >= 15 is 0 Å². The van der Waals surface area contributed by atoms with Gasteiger partial charge in [-0.3, -0.25) is 10.1 Å². The fourth-order valence-electron chi connectivity index (χ4n) is 2.53. The van der Waals surface area contributed by atoms with Gasteiger partial charge in [-0.2, -0.15) is 0 Å². The van der Waals surface area contributed by atoms with Crippen molar-refractivity contribution in [2.75, 3.05) is 5.32 Å². The van der Waals surface area contributed by atoms with E-state index in [-0.39, 0.29) is 16.8 Å². The van der Waals surface area contributed by atoms with Gasteiger partial charge in [-0.15, -0.1) is 0 Å². The first-order chi connectivity index (χ1) is 8.99. The molecule has 1 N–H and O–H groups in total. The predicted octanol–water partition coefficient (Wildman–Crippen LogP) is 4.38. The summed E-state index contributed by atoms with van der Waals surface area (Å²) in [5, 5.41) is 14.0. The molecule has 1 fully saturated rings. The van der Waals surface area contributed by atoms with Crippen LogP contribution in [0.1, 0.15) is 32.6 Å². The fourth-order valence-corrected chi connectivity index (χ4v) is 2.70. The summed E-state index contributed by atoms with van der Waals surface area (Å²) in [6.07, 6.45) is 4.35. The quantitative estimate of drug-likeness (QED) is 0.663. The number of nitro groups is 1. The van der Waals surface area contributed by atoms with Crippen molar-refractivity contribution in [3.8, 4) is 0 Å². The molecular weight excluding hydrogens is 271 g/mol. The molecule has 4 nitrogen and oxygen atoms in total. The molecule has 2 rings (SSSR count). The van der Waals surface area contributed by atoms with Crippen LogP contribution >= 0.6 is 11.6 Å². The molecular formula is C13H16ClFN2O2. The molecule has 1 aromatic carbocycles. The van der Waals surface area contributed by atoms with Crippen molar-refractivity contribution in [2.24, 2.45) is 5.92 Å². The number of nitrogens with one attached hydrogen (secondary N) is 1. The first-order valence-corrected chi connectivity index (χ1v) is 6.77. The lowest BCUT2D eigenvalue weighted by Crippen LogP contribution is -2.30. The second-order valence-corrected chi connectivity index (χ2v) is 5.46. The minimum Gasteiger partial charge on any atom is -0.376 e. The average molecular weight is 287 g/mol. The van der Waals surface area contributed by atoms with Gasteiger partial charge in [0.05, 0.1) is 16.0 Å². The van der Waals surface area contributed by atoms with E-state index in [1.165, 1.54) is 12.5 Å². The molecule has 104 valence electrons. The van der Waals surface area contributed by atoms with E-state index in [9.17, 15) is 14.5 Å². The van der Waals surface area contributed by atoms with Crippen molar-refractivity contribution in [2.45, 2.75) is 38.6 Å². The van der Waals surface area contributed by atoms with Gasteiger partial charge in [-0.1, -0.05) is 31.4 Å². The monoisotopic (exact) mass is 286 g/mol. The Kier molecular flexibility index (Phi) is 4.24. The van der Waals surface area contributed by atoms with Crippen molar-refractivity contribution in [3.05, 3.63) is 33.1 Å². The fraction of sp³-hybridized carbons (Fsp3) is 0.538. The van der Waals surface area contributed by atoms with Crippen LogP contribution in [0, 0.1) is 21.8 Å². The molecule has 0 heterocycles. The van der Waals surface area contributed by atoms with E-state index in [1.807, 2.05) is 0 Å². The number of halogens is 2. The molecule has 0 radical (unpaired) electrons. The number of nitro benzene ring substituents is 1. The molecule has 6 heteroatoms. The molecule has 0 aromatic heterocycles. The molecule has 0 amide bonds. The van der Waals surface area contributed by atoms with E-state index in [1.54, 1.807) is 0 Å². The number of rotatable bonds is 3. The minimum absolute atomic E-state index is 0.100. The van der Waals surface area contributed by atoms with Gasteiger partial charge in [0.15, 0.2) is 0 Å². The van der Waals surface area contributed by atoms with Crippen molar-refractivity contribution in [1.29, 1.82) is 0 Å². The van der Waals surface area contributed by atoms with Crippen LogP contribution in [0.5, 0.6) is 0 Å². The van der Waals surface area contributed by atoms with Crippen molar-refractivity contribution in [3.63, 3.8) is 0 Å². The smallest absolute Gasteiger partial charge is 0.295 e. The molecule has 2 unspecified atom stereocenters. The van der Waals surface area contributed by atoms with E-state index < -0.39 is 10.7 Å². The second kappa shape index (κ2) is 5.74. The predicted molar refractivity (Wildman–Crippen MR) is 73.1 cm³/mol. The molecule has 1 aliphatic carbocycles. The first-order valence-electron chi connectivity index (χ1n) is 6.39. The topological polar surface area (TPSA) is 55.2 Å². The molecule has 0 spiro atoms. The summed E-state index contributed by atoms with van der Waals surface area (Å²) in [5.74, 6) is -0.326. The highest BCUT2D eigenvalue weighted by molar-refractivity contribution is 6.31. The highest BCUT2D eigenvalue weighted by Gasteiger charge is 2.25. The summed E-state index contributed by atoms with van der Waals surface area (Å²) < 4.78 is 13.3. The number of anilines is 1. The highest BCUT2D eigenvalue weighted by Crippen LogP contribution is 2.34. The van der Waals surface area contributed by atoms with Gasteiger partial charge in [0.2, 0.25) is 0 Å². The Morgan fingerprint density at radius 1 is 1.42 bits per heavy atom. The van der Waals surface area contributed by atoms with Crippen LogP contribution in [0.3, 0.4) is 0 Å². The molecule has 2 atom stereocenters. The maximum absolute atomic E-state index is 13.3. The van der Waals surface area contributed by atoms with E-state index in [2.05, 4.69) is 12.2 Å². The molecule has 1 aromatic rings. The largest absolute Gasteiger partial charge is 0.376 e. The number of nitrogens with zero attached hydrogens (tertiary/aromatic N) is 1. The van der Waals surface area contributed by atoms with Gasteiger partial charge in [0.25, 0.3) is 5.69 Å². The Balaban J connectivity index is 2.27. The first kappa shape index (κ1) is 14.1. The maximum Gasteiger partial charge on any atom is 0.295 e. The van der Waals surface area contributed by atoms with Gasteiger partial charge in [0, 0.05) is 6.04 Å². The highest BCUT2D eigenvalue weighted by atomic mass is 35.5. The van der Waals surface area contributed by atoms with Crippen LogP contribution in [0.2, 0.25) is 5.02 Å². The zero-order chi connectivity index (χ0) is 14.0. The normalized spacial score (nSPS) is 23.1. The molecule has 0 bridgehead atoms. The van der Waals surface area contributed by atoms with E-state index in [0.29, 0.717) is 11.6 Å². The number of hydrogen-bond donors (Lipinski definition) is 1. The zero-order valence-electron chi connectivity index (χ0n) is 10.7. The molecule has 1 aliphatic rings. The lowest BCUT2D eigenvalue weighted by Gasteiger charge is -2.30. The average Bonchev–Trinajstić information content (AvgIpc) is 2.36. The third-order valence-electron chi connectivity index (χ3n) is 3.69. The standard InChI is InChI=1S/C13H16ClFN2O2/c1-8-4-2-3-5-11(8)16-12-6-9(14)10(15)7-13(12)17(18)19/h6-8,11,16H,2-5H2,1H3.